The first-order valence-corrected chi connectivity index (χ1v) is 9.02. The van der Waals surface area contributed by atoms with Crippen molar-refractivity contribution in [3.8, 4) is 11.5 Å². The summed E-state index contributed by atoms with van der Waals surface area (Å²) >= 11 is 1.24. The number of carbonyl (C=O) groups is 1. The van der Waals surface area contributed by atoms with Crippen molar-refractivity contribution in [2.45, 2.75) is 38.0 Å². The molecular formula is C17H21N3O3S. The number of hydrogen-bond donors (Lipinski definition) is 1. The van der Waals surface area contributed by atoms with E-state index in [1.165, 1.54) is 11.8 Å². The van der Waals surface area contributed by atoms with Crippen molar-refractivity contribution in [1.82, 2.24) is 15.5 Å². The third-order valence-corrected chi connectivity index (χ3v) is 4.57. The van der Waals surface area contributed by atoms with Crippen LogP contribution >= 0.6 is 11.8 Å². The first kappa shape index (κ1) is 17.0. The molecule has 128 valence electrons. The number of carbonyl (C=O) groups excluding carboxylic acids is 1. The van der Waals surface area contributed by atoms with Gasteiger partial charge in [0.15, 0.2) is 0 Å². The van der Waals surface area contributed by atoms with Crippen molar-refractivity contribution < 1.29 is 13.9 Å². The molecule has 24 heavy (non-hydrogen) atoms. The van der Waals surface area contributed by atoms with E-state index in [0.717, 1.165) is 36.1 Å². The van der Waals surface area contributed by atoms with Crippen LogP contribution in [0.5, 0.6) is 0 Å². The Morgan fingerprint density at radius 1 is 1.29 bits per heavy atom. The predicted molar refractivity (Wildman–Crippen MR) is 91.9 cm³/mol. The zero-order valence-electron chi connectivity index (χ0n) is 13.9. The molecule has 2 aromatic rings. The van der Waals surface area contributed by atoms with Crippen molar-refractivity contribution in [2.24, 2.45) is 0 Å². The van der Waals surface area contributed by atoms with Gasteiger partial charge in [-0.05, 0) is 38.8 Å². The standard InChI is InChI=1S/C17H21N3O3S/c1-11-6-12(2)8-13(7-11)16-19-20-17(23-16)24-10-15(21)18-9-14-4-3-5-22-14/h6-8,14H,3-5,9-10H2,1-2H3,(H,18,21). The lowest BCUT2D eigenvalue weighted by Gasteiger charge is -2.09. The molecule has 1 saturated heterocycles. The summed E-state index contributed by atoms with van der Waals surface area (Å²) in [6, 6.07) is 6.10. The Kier molecular flexibility index (Phi) is 5.52. The number of nitrogens with zero attached hydrogens (tertiary/aromatic N) is 2. The summed E-state index contributed by atoms with van der Waals surface area (Å²) in [6.07, 6.45) is 2.23. The molecule has 2 heterocycles. The maximum atomic E-state index is 11.9. The molecule has 1 aliphatic rings. The Hall–Kier alpha value is -1.86. The Bertz CT molecular complexity index is 691. The third-order valence-electron chi connectivity index (χ3n) is 3.75. The average Bonchev–Trinajstić information content (AvgIpc) is 3.21. The van der Waals surface area contributed by atoms with Gasteiger partial charge in [0.05, 0.1) is 11.9 Å². The minimum Gasteiger partial charge on any atom is -0.411 e. The van der Waals surface area contributed by atoms with Gasteiger partial charge < -0.3 is 14.5 Å². The lowest BCUT2D eigenvalue weighted by Crippen LogP contribution is -2.32. The zero-order chi connectivity index (χ0) is 16.9. The van der Waals surface area contributed by atoms with Crippen molar-refractivity contribution in [3.05, 3.63) is 29.3 Å². The van der Waals surface area contributed by atoms with Gasteiger partial charge >= 0.3 is 0 Å². The fraction of sp³-hybridized carbons (Fsp3) is 0.471. The summed E-state index contributed by atoms with van der Waals surface area (Å²) < 4.78 is 11.1. The highest BCUT2D eigenvalue weighted by Gasteiger charge is 2.17. The normalized spacial score (nSPS) is 17.2. The molecule has 0 saturated carbocycles. The van der Waals surface area contributed by atoms with Crippen LogP contribution in [-0.2, 0) is 9.53 Å². The van der Waals surface area contributed by atoms with Crippen molar-refractivity contribution in [2.75, 3.05) is 18.9 Å². The van der Waals surface area contributed by atoms with E-state index in [0.29, 0.717) is 17.7 Å². The summed E-state index contributed by atoms with van der Waals surface area (Å²) in [5, 5.41) is 11.3. The summed E-state index contributed by atoms with van der Waals surface area (Å²) in [5.41, 5.74) is 3.19. The second-order valence-electron chi connectivity index (χ2n) is 5.98. The van der Waals surface area contributed by atoms with Gasteiger partial charge in [0, 0.05) is 18.7 Å². The second kappa shape index (κ2) is 7.81. The van der Waals surface area contributed by atoms with Gasteiger partial charge in [-0.15, -0.1) is 10.2 Å². The lowest BCUT2D eigenvalue weighted by atomic mass is 10.1. The molecule has 1 aromatic carbocycles. The van der Waals surface area contributed by atoms with Crippen LogP contribution in [0.25, 0.3) is 11.5 Å². The smallest absolute Gasteiger partial charge is 0.277 e. The number of benzene rings is 1. The maximum absolute atomic E-state index is 11.9. The highest BCUT2D eigenvalue weighted by atomic mass is 32.2. The first-order chi connectivity index (χ1) is 11.6. The molecular weight excluding hydrogens is 326 g/mol. The Balaban J connectivity index is 1.51. The van der Waals surface area contributed by atoms with Crippen LogP contribution in [0.3, 0.4) is 0 Å². The minimum atomic E-state index is -0.0540. The molecule has 1 atom stereocenters. The predicted octanol–water partition coefficient (Wildman–Crippen LogP) is 2.74. The summed E-state index contributed by atoms with van der Waals surface area (Å²) in [6.45, 7) is 5.41. The van der Waals surface area contributed by atoms with E-state index in [-0.39, 0.29) is 17.8 Å². The molecule has 1 unspecified atom stereocenters. The quantitative estimate of drug-likeness (QED) is 0.810. The topological polar surface area (TPSA) is 77.2 Å². The minimum absolute atomic E-state index is 0.0540. The molecule has 6 nitrogen and oxygen atoms in total. The van der Waals surface area contributed by atoms with E-state index < -0.39 is 0 Å². The number of amides is 1. The number of aryl methyl sites for hydroxylation is 2. The van der Waals surface area contributed by atoms with Gasteiger partial charge in [0.25, 0.3) is 5.22 Å². The number of hydrogen-bond acceptors (Lipinski definition) is 6. The van der Waals surface area contributed by atoms with Gasteiger partial charge in [0.2, 0.25) is 11.8 Å². The van der Waals surface area contributed by atoms with Gasteiger partial charge in [-0.1, -0.05) is 29.0 Å². The molecule has 1 fully saturated rings. The molecule has 1 aliphatic heterocycles. The Morgan fingerprint density at radius 2 is 2.08 bits per heavy atom. The van der Waals surface area contributed by atoms with Crippen molar-refractivity contribution in [1.29, 1.82) is 0 Å². The molecule has 0 spiro atoms. The number of ether oxygens (including phenoxy) is 1. The van der Waals surface area contributed by atoms with E-state index in [2.05, 4.69) is 21.6 Å². The molecule has 1 aromatic heterocycles. The maximum Gasteiger partial charge on any atom is 0.277 e. The molecule has 1 N–H and O–H groups in total. The second-order valence-corrected chi connectivity index (χ2v) is 6.90. The van der Waals surface area contributed by atoms with Crippen molar-refractivity contribution >= 4 is 17.7 Å². The summed E-state index contributed by atoms with van der Waals surface area (Å²) in [5.74, 6) is 0.673. The lowest BCUT2D eigenvalue weighted by molar-refractivity contribution is -0.119. The molecule has 3 rings (SSSR count). The van der Waals surface area contributed by atoms with E-state index >= 15 is 0 Å². The number of thioether (sulfide) groups is 1. The summed E-state index contributed by atoms with van der Waals surface area (Å²) in [7, 11) is 0. The highest BCUT2D eigenvalue weighted by molar-refractivity contribution is 7.99. The van der Waals surface area contributed by atoms with Crippen LogP contribution < -0.4 is 5.32 Å². The fourth-order valence-corrected chi connectivity index (χ4v) is 3.29. The van der Waals surface area contributed by atoms with Gasteiger partial charge in [0.1, 0.15) is 0 Å². The van der Waals surface area contributed by atoms with Crippen LogP contribution in [0, 0.1) is 13.8 Å². The largest absolute Gasteiger partial charge is 0.411 e. The van der Waals surface area contributed by atoms with E-state index in [9.17, 15) is 4.79 Å². The molecule has 0 bridgehead atoms. The Morgan fingerprint density at radius 3 is 2.79 bits per heavy atom. The van der Waals surface area contributed by atoms with Crippen LogP contribution in [0.4, 0.5) is 0 Å². The van der Waals surface area contributed by atoms with Gasteiger partial charge in [-0.25, -0.2) is 0 Å². The van der Waals surface area contributed by atoms with E-state index in [4.69, 9.17) is 9.15 Å². The molecule has 7 heteroatoms. The molecule has 0 radical (unpaired) electrons. The van der Waals surface area contributed by atoms with E-state index in [1.54, 1.807) is 0 Å². The number of nitrogens with one attached hydrogen (secondary N) is 1. The number of rotatable bonds is 6. The average molecular weight is 347 g/mol. The van der Waals surface area contributed by atoms with Gasteiger partial charge in [-0.3, -0.25) is 4.79 Å². The number of aromatic nitrogens is 2. The Labute approximate surface area is 145 Å². The SMILES string of the molecule is Cc1cc(C)cc(-c2nnc(SCC(=O)NCC3CCCO3)o2)c1. The van der Waals surface area contributed by atoms with Crippen LogP contribution in [0.15, 0.2) is 27.8 Å². The molecule has 0 aliphatic carbocycles. The third kappa shape index (κ3) is 4.58. The van der Waals surface area contributed by atoms with Gasteiger partial charge in [-0.2, -0.15) is 0 Å². The zero-order valence-corrected chi connectivity index (χ0v) is 14.7. The first-order valence-electron chi connectivity index (χ1n) is 8.03. The highest BCUT2D eigenvalue weighted by Crippen LogP contribution is 2.24. The fourth-order valence-electron chi connectivity index (χ4n) is 2.69. The van der Waals surface area contributed by atoms with Crippen LogP contribution in [0.1, 0.15) is 24.0 Å². The van der Waals surface area contributed by atoms with E-state index in [1.807, 2.05) is 26.0 Å². The van der Waals surface area contributed by atoms with Crippen LogP contribution in [-0.4, -0.2) is 41.1 Å². The van der Waals surface area contributed by atoms with Crippen LogP contribution in [0.2, 0.25) is 0 Å². The molecule has 1 amide bonds. The summed E-state index contributed by atoms with van der Waals surface area (Å²) in [4.78, 5) is 11.9. The van der Waals surface area contributed by atoms with Crippen molar-refractivity contribution in [3.63, 3.8) is 0 Å². The monoisotopic (exact) mass is 347 g/mol.